The second-order valence-corrected chi connectivity index (χ2v) is 6.26. The molecule has 1 unspecified atom stereocenters. The van der Waals surface area contributed by atoms with Gasteiger partial charge in [0.15, 0.2) is 0 Å². The molecule has 0 aromatic heterocycles. The third kappa shape index (κ3) is 5.68. The monoisotopic (exact) mass is 341 g/mol. The molecule has 1 fully saturated rings. The number of ether oxygens (including phenoxy) is 3. The summed E-state index contributed by atoms with van der Waals surface area (Å²) in [5.74, 6) is 0.611. The maximum Gasteiger partial charge on any atom is 0.238 e. The van der Waals surface area contributed by atoms with Crippen molar-refractivity contribution in [1.82, 2.24) is 5.32 Å². The molecule has 1 aliphatic heterocycles. The molecule has 0 bridgehead atoms. The normalized spacial score (nSPS) is 16.8. The molecule has 2 rings (SSSR count). The summed E-state index contributed by atoms with van der Waals surface area (Å²) in [4.78, 5) is 11.6. The molecule has 0 radical (unpaired) electrons. The molecule has 1 aromatic rings. The van der Waals surface area contributed by atoms with E-state index in [4.69, 9.17) is 25.8 Å². The smallest absolute Gasteiger partial charge is 0.238 e. The van der Waals surface area contributed by atoms with Crippen LogP contribution in [-0.4, -0.2) is 37.7 Å². The molecule has 5 nitrogen and oxygen atoms in total. The second-order valence-electron chi connectivity index (χ2n) is 5.60. The number of alkyl halides is 1. The number of hydrogen-bond donors (Lipinski definition) is 1. The molecule has 1 N–H and O–H groups in total. The molecular formula is C17H24ClNO4. The molecule has 128 valence electrons. The van der Waals surface area contributed by atoms with Gasteiger partial charge in [-0.2, -0.15) is 0 Å². The van der Waals surface area contributed by atoms with E-state index in [0.717, 1.165) is 42.9 Å². The number of amides is 1. The highest BCUT2D eigenvalue weighted by Gasteiger charge is 2.15. The maximum absolute atomic E-state index is 11.6. The van der Waals surface area contributed by atoms with E-state index in [0.29, 0.717) is 13.2 Å². The summed E-state index contributed by atoms with van der Waals surface area (Å²) < 4.78 is 16.7. The highest BCUT2D eigenvalue weighted by molar-refractivity contribution is 6.30. The largest absolute Gasteiger partial charge is 0.496 e. The van der Waals surface area contributed by atoms with E-state index < -0.39 is 5.38 Å². The van der Waals surface area contributed by atoms with Crippen LogP contribution in [0.5, 0.6) is 5.75 Å². The first-order valence-corrected chi connectivity index (χ1v) is 8.30. The lowest BCUT2D eigenvalue weighted by Crippen LogP contribution is -2.29. The minimum absolute atomic E-state index is 0.178. The van der Waals surface area contributed by atoms with Gasteiger partial charge in [-0.15, -0.1) is 11.6 Å². The third-order valence-corrected chi connectivity index (χ3v) is 4.01. The maximum atomic E-state index is 11.6. The van der Waals surface area contributed by atoms with Gasteiger partial charge in [0, 0.05) is 25.3 Å². The lowest BCUT2D eigenvalue weighted by Gasteiger charge is -2.23. The van der Waals surface area contributed by atoms with Crippen LogP contribution in [0.2, 0.25) is 0 Å². The van der Waals surface area contributed by atoms with Gasteiger partial charge in [0.2, 0.25) is 5.91 Å². The number of carbonyl (C=O) groups excluding carboxylic acids is 1. The summed E-state index contributed by atoms with van der Waals surface area (Å²) in [7, 11) is 1.64. The molecule has 1 saturated heterocycles. The summed E-state index contributed by atoms with van der Waals surface area (Å²) in [5, 5.41) is 2.26. The van der Waals surface area contributed by atoms with Crippen LogP contribution in [0.3, 0.4) is 0 Å². The molecule has 0 aliphatic carbocycles. The standard InChI is InChI=1S/C17H24ClNO4/c1-12(18)17(20)19-10-13-3-4-16(21-2)14(9-13)11-23-15-5-7-22-8-6-15/h3-4,9,12,15H,5-8,10-11H2,1-2H3,(H,19,20). The summed E-state index contributed by atoms with van der Waals surface area (Å²) in [6.45, 7) is 4.08. The lowest BCUT2D eigenvalue weighted by atomic mass is 10.1. The molecule has 1 atom stereocenters. The minimum atomic E-state index is -0.537. The molecule has 1 heterocycles. The Balaban J connectivity index is 1.95. The average molecular weight is 342 g/mol. The fraction of sp³-hybridized carbons (Fsp3) is 0.588. The molecule has 0 spiro atoms. The predicted octanol–water partition coefficient (Wildman–Crippen LogP) is 2.63. The lowest BCUT2D eigenvalue weighted by molar-refractivity contribution is -0.120. The summed E-state index contributed by atoms with van der Waals surface area (Å²) in [5.41, 5.74) is 1.96. The topological polar surface area (TPSA) is 56.8 Å². The van der Waals surface area contributed by atoms with Gasteiger partial charge in [-0.05, 0) is 37.5 Å². The Labute approximate surface area is 142 Å². The summed E-state index contributed by atoms with van der Waals surface area (Å²) >= 11 is 5.75. The molecule has 6 heteroatoms. The van der Waals surface area contributed by atoms with Gasteiger partial charge in [0.1, 0.15) is 11.1 Å². The minimum Gasteiger partial charge on any atom is -0.496 e. The summed E-state index contributed by atoms with van der Waals surface area (Å²) in [6, 6.07) is 5.82. The number of nitrogens with one attached hydrogen (secondary N) is 1. The molecule has 0 saturated carbocycles. The Morgan fingerprint density at radius 1 is 1.43 bits per heavy atom. The molecule has 1 aromatic carbocycles. The number of carbonyl (C=O) groups is 1. The average Bonchev–Trinajstić information content (AvgIpc) is 2.58. The van der Waals surface area contributed by atoms with E-state index in [9.17, 15) is 4.79 Å². The molecule has 23 heavy (non-hydrogen) atoms. The van der Waals surface area contributed by atoms with E-state index in [1.54, 1.807) is 14.0 Å². The van der Waals surface area contributed by atoms with Crippen LogP contribution >= 0.6 is 11.6 Å². The van der Waals surface area contributed by atoms with E-state index in [2.05, 4.69) is 5.32 Å². The fourth-order valence-electron chi connectivity index (χ4n) is 2.43. The van der Waals surface area contributed by atoms with E-state index in [-0.39, 0.29) is 12.0 Å². The Morgan fingerprint density at radius 2 is 2.17 bits per heavy atom. The third-order valence-electron chi connectivity index (χ3n) is 3.82. The van der Waals surface area contributed by atoms with Gasteiger partial charge < -0.3 is 19.5 Å². The fourth-order valence-corrected chi connectivity index (χ4v) is 2.51. The zero-order valence-electron chi connectivity index (χ0n) is 13.6. The quantitative estimate of drug-likeness (QED) is 0.775. The van der Waals surface area contributed by atoms with Crippen LogP contribution in [0, 0.1) is 0 Å². The van der Waals surface area contributed by atoms with Crippen LogP contribution < -0.4 is 10.1 Å². The van der Waals surface area contributed by atoms with Crippen molar-refractivity contribution in [2.45, 2.75) is 44.4 Å². The van der Waals surface area contributed by atoms with Crippen molar-refractivity contribution in [3.05, 3.63) is 29.3 Å². The van der Waals surface area contributed by atoms with Crippen LogP contribution in [-0.2, 0) is 27.4 Å². The number of rotatable bonds is 7. The first kappa shape index (κ1) is 18.0. The zero-order valence-corrected chi connectivity index (χ0v) is 14.4. The van der Waals surface area contributed by atoms with Crippen molar-refractivity contribution < 1.29 is 19.0 Å². The van der Waals surface area contributed by atoms with Crippen molar-refractivity contribution in [3.8, 4) is 5.75 Å². The predicted molar refractivity (Wildman–Crippen MR) is 88.8 cm³/mol. The highest BCUT2D eigenvalue weighted by atomic mass is 35.5. The zero-order chi connectivity index (χ0) is 16.7. The molecule has 1 amide bonds. The number of benzene rings is 1. The van der Waals surface area contributed by atoms with E-state index in [1.807, 2.05) is 18.2 Å². The Morgan fingerprint density at radius 3 is 2.83 bits per heavy atom. The van der Waals surface area contributed by atoms with Crippen molar-refractivity contribution in [3.63, 3.8) is 0 Å². The Hall–Kier alpha value is -1.30. The molecular weight excluding hydrogens is 318 g/mol. The van der Waals surface area contributed by atoms with Gasteiger partial charge in [-0.3, -0.25) is 4.79 Å². The van der Waals surface area contributed by atoms with Crippen molar-refractivity contribution in [2.24, 2.45) is 0 Å². The van der Waals surface area contributed by atoms with Crippen molar-refractivity contribution >= 4 is 17.5 Å². The van der Waals surface area contributed by atoms with Crippen LogP contribution in [0.15, 0.2) is 18.2 Å². The van der Waals surface area contributed by atoms with Crippen molar-refractivity contribution in [1.29, 1.82) is 0 Å². The summed E-state index contributed by atoms with van der Waals surface area (Å²) in [6.07, 6.45) is 2.08. The van der Waals surface area contributed by atoms with Crippen LogP contribution in [0.25, 0.3) is 0 Å². The Kier molecular flexibility index (Phi) is 7.15. The van der Waals surface area contributed by atoms with Gasteiger partial charge in [-0.25, -0.2) is 0 Å². The van der Waals surface area contributed by atoms with E-state index >= 15 is 0 Å². The Bertz CT molecular complexity index is 515. The second kappa shape index (κ2) is 9.11. The number of methoxy groups -OCH3 is 1. The highest BCUT2D eigenvalue weighted by Crippen LogP contribution is 2.23. The van der Waals surface area contributed by atoms with Gasteiger partial charge in [0.25, 0.3) is 0 Å². The van der Waals surface area contributed by atoms with Crippen LogP contribution in [0.4, 0.5) is 0 Å². The van der Waals surface area contributed by atoms with Gasteiger partial charge >= 0.3 is 0 Å². The van der Waals surface area contributed by atoms with E-state index in [1.165, 1.54) is 0 Å². The van der Waals surface area contributed by atoms with Crippen LogP contribution in [0.1, 0.15) is 30.9 Å². The first-order valence-electron chi connectivity index (χ1n) is 7.87. The van der Waals surface area contributed by atoms with Crippen molar-refractivity contribution in [2.75, 3.05) is 20.3 Å². The van der Waals surface area contributed by atoms with Gasteiger partial charge in [0.05, 0.1) is 19.8 Å². The van der Waals surface area contributed by atoms with Gasteiger partial charge in [-0.1, -0.05) is 6.07 Å². The number of hydrogen-bond acceptors (Lipinski definition) is 4. The first-order chi connectivity index (χ1) is 11.1. The number of halogens is 1. The SMILES string of the molecule is COc1ccc(CNC(=O)C(C)Cl)cc1COC1CCOCC1. The molecule has 1 aliphatic rings.